The number of nitrogens with one attached hydrogen (secondary N) is 1. The highest BCUT2D eigenvalue weighted by Crippen LogP contribution is 2.40. The minimum atomic E-state index is -3.79. The predicted molar refractivity (Wildman–Crippen MR) is 131 cm³/mol. The number of sulfonamides is 1. The van der Waals surface area contributed by atoms with Gasteiger partial charge in [0.1, 0.15) is 16.3 Å². The molecule has 180 valence electrons. The molecule has 0 atom stereocenters. The van der Waals surface area contributed by atoms with Crippen LogP contribution in [-0.2, 0) is 10.0 Å². The molecule has 2 aromatic carbocycles. The van der Waals surface area contributed by atoms with Gasteiger partial charge in [-0.25, -0.2) is 13.1 Å². The van der Waals surface area contributed by atoms with Crippen molar-refractivity contribution in [3.05, 3.63) is 66.0 Å². The highest BCUT2D eigenvalue weighted by molar-refractivity contribution is 7.89. The molecule has 1 aromatic heterocycles. The fourth-order valence-corrected chi connectivity index (χ4v) is 5.48. The zero-order valence-corrected chi connectivity index (χ0v) is 20.5. The van der Waals surface area contributed by atoms with Gasteiger partial charge in [-0.3, -0.25) is 4.79 Å². The second-order valence-electron chi connectivity index (χ2n) is 8.11. The van der Waals surface area contributed by atoms with E-state index in [9.17, 15) is 13.2 Å². The molecule has 1 aliphatic rings. The predicted octanol–water partition coefficient (Wildman–Crippen LogP) is 4.43. The van der Waals surface area contributed by atoms with E-state index < -0.39 is 10.0 Å². The molecule has 0 spiro atoms. The fourth-order valence-electron chi connectivity index (χ4n) is 3.87. The maximum absolute atomic E-state index is 13.3. The molecule has 0 bridgehead atoms. The number of anilines is 1. The number of hydrogen-bond donors (Lipinski definition) is 1. The molecule has 0 radical (unpaired) electrons. The van der Waals surface area contributed by atoms with E-state index in [0.29, 0.717) is 37.0 Å². The highest BCUT2D eigenvalue weighted by Gasteiger charge is 2.30. The number of para-hydroxylation sites is 1. The number of nitrogens with zero attached hydrogens (tertiary/aromatic N) is 3. The molecule has 3 aromatic rings. The Morgan fingerprint density at radius 2 is 1.79 bits per heavy atom. The zero-order valence-electron chi connectivity index (χ0n) is 19.7. The van der Waals surface area contributed by atoms with Gasteiger partial charge in [-0.05, 0) is 56.2 Å². The third-order valence-electron chi connectivity index (χ3n) is 5.78. The molecule has 34 heavy (non-hydrogen) atoms. The topological polar surface area (TPSA) is 93.5 Å². The lowest BCUT2D eigenvalue weighted by Gasteiger charge is -2.21. The van der Waals surface area contributed by atoms with Crippen molar-refractivity contribution in [3.63, 3.8) is 0 Å². The first kappa shape index (κ1) is 24.0. The van der Waals surface area contributed by atoms with E-state index >= 15 is 0 Å². The number of carbonyl (C=O) groups excluding carboxylic acids is 1. The molecular formula is C25H30N4O4S. The summed E-state index contributed by atoms with van der Waals surface area (Å²) >= 11 is 0. The normalized spacial score (nSPS) is 13.8. The van der Waals surface area contributed by atoms with Crippen molar-refractivity contribution in [2.24, 2.45) is 0 Å². The monoisotopic (exact) mass is 482 g/mol. The average Bonchev–Trinajstić information content (AvgIpc) is 3.59. The van der Waals surface area contributed by atoms with Crippen molar-refractivity contribution < 1.29 is 17.9 Å². The van der Waals surface area contributed by atoms with Crippen molar-refractivity contribution in [2.75, 3.05) is 25.0 Å². The van der Waals surface area contributed by atoms with Crippen LogP contribution in [0.5, 0.6) is 5.75 Å². The molecule has 0 unspecified atom stereocenters. The van der Waals surface area contributed by atoms with Crippen LogP contribution in [0.4, 0.5) is 5.69 Å². The summed E-state index contributed by atoms with van der Waals surface area (Å²) in [5, 5.41) is 7.54. The molecule has 1 aliphatic carbocycles. The summed E-state index contributed by atoms with van der Waals surface area (Å²) in [6.07, 6.45) is 2.14. The van der Waals surface area contributed by atoms with Crippen LogP contribution in [0.15, 0.2) is 59.5 Å². The molecule has 1 fully saturated rings. The van der Waals surface area contributed by atoms with Gasteiger partial charge in [0.2, 0.25) is 10.0 Å². The van der Waals surface area contributed by atoms with E-state index in [4.69, 9.17) is 4.74 Å². The molecule has 1 saturated carbocycles. The van der Waals surface area contributed by atoms with Gasteiger partial charge in [-0.2, -0.15) is 9.40 Å². The van der Waals surface area contributed by atoms with Crippen LogP contribution in [0.3, 0.4) is 0 Å². The Hall–Kier alpha value is -3.17. The van der Waals surface area contributed by atoms with Crippen LogP contribution in [0.1, 0.15) is 55.7 Å². The van der Waals surface area contributed by atoms with E-state index in [0.717, 1.165) is 24.2 Å². The Morgan fingerprint density at radius 3 is 2.41 bits per heavy atom. The Bertz CT molecular complexity index is 1260. The SMILES string of the molecule is CCOc1ccc(NC(=O)c2cc(C3CC3)nn2-c2ccccc2)cc1S(=O)(=O)N(CC)CC. The molecule has 4 rings (SSSR count). The average molecular weight is 483 g/mol. The lowest BCUT2D eigenvalue weighted by Crippen LogP contribution is -2.31. The van der Waals surface area contributed by atoms with Crippen LogP contribution in [-0.4, -0.2) is 48.1 Å². The molecule has 0 saturated heterocycles. The van der Waals surface area contributed by atoms with Gasteiger partial charge in [0.25, 0.3) is 5.91 Å². The molecular weight excluding hydrogens is 452 g/mol. The number of amides is 1. The second-order valence-corrected chi connectivity index (χ2v) is 10.0. The standard InChI is InChI=1S/C25H30N4O4S/c1-4-28(5-2)34(31,32)24-16-19(14-15-23(24)33-6-3)26-25(30)22-17-21(18-12-13-18)27-29(22)20-10-8-7-9-11-20/h7-11,14-18H,4-6,12-13H2,1-3H3,(H,26,30). The molecule has 0 aliphatic heterocycles. The molecule has 1 amide bonds. The number of rotatable bonds is 10. The van der Waals surface area contributed by atoms with Crippen LogP contribution in [0.2, 0.25) is 0 Å². The first-order valence-electron chi connectivity index (χ1n) is 11.6. The van der Waals surface area contributed by atoms with Crippen molar-refractivity contribution in [1.29, 1.82) is 0 Å². The summed E-state index contributed by atoms with van der Waals surface area (Å²) in [6.45, 7) is 6.37. The summed E-state index contributed by atoms with van der Waals surface area (Å²) < 4.78 is 35.1. The number of hydrogen-bond acceptors (Lipinski definition) is 5. The van der Waals surface area contributed by atoms with Crippen LogP contribution in [0, 0.1) is 0 Å². The number of benzene rings is 2. The Labute approximate surface area is 200 Å². The van der Waals surface area contributed by atoms with Crippen molar-refractivity contribution >= 4 is 21.6 Å². The lowest BCUT2D eigenvalue weighted by molar-refractivity contribution is 0.101. The first-order valence-corrected chi connectivity index (χ1v) is 13.1. The Morgan fingerprint density at radius 1 is 1.09 bits per heavy atom. The number of carbonyl (C=O) groups is 1. The van der Waals surface area contributed by atoms with Gasteiger partial charge in [-0.15, -0.1) is 0 Å². The van der Waals surface area contributed by atoms with Gasteiger partial charge < -0.3 is 10.1 Å². The van der Waals surface area contributed by atoms with E-state index in [1.807, 2.05) is 36.4 Å². The highest BCUT2D eigenvalue weighted by atomic mass is 32.2. The molecule has 1 N–H and O–H groups in total. The maximum atomic E-state index is 13.3. The largest absolute Gasteiger partial charge is 0.492 e. The van der Waals surface area contributed by atoms with E-state index in [1.54, 1.807) is 37.6 Å². The van der Waals surface area contributed by atoms with E-state index in [-0.39, 0.29) is 16.6 Å². The maximum Gasteiger partial charge on any atom is 0.274 e. The van der Waals surface area contributed by atoms with Gasteiger partial charge in [0, 0.05) is 24.7 Å². The van der Waals surface area contributed by atoms with Crippen LogP contribution >= 0.6 is 0 Å². The summed E-state index contributed by atoms with van der Waals surface area (Å²) in [6, 6.07) is 16.0. The fraction of sp³-hybridized carbons (Fsp3) is 0.360. The first-order chi connectivity index (χ1) is 16.4. The van der Waals surface area contributed by atoms with Crippen molar-refractivity contribution in [3.8, 4) is 11.4 Å². The number of aromatic nitrogens is 2. The Kier molecular flexibility index (Phi) is 7.04. The summed E-state index contributed by atoms with van der Waals surface area (Å²) in [5.41, 5.74) is 2.45. The molecule has 8 nitrogen and oxygen atoms in total. The van der Waals surface area contributed by atoms with E-state index in [1.165, 1.54) is 10.4 Å². The van der Waals surface area contributed by atoms with Gasteiger partial charge in [0.15, 0.2) is 0 Å². The third kappa shape index (κ3) is 4.85. The second kappa shape index (κ2) is 9.99. The molecule has 9 heteroatoms. The summed E-state index contributed by atoms with van der Waals surface area (Å²) in [5.74, 6) is 0.282. The van der Waals surface area contributed by atoms with Gasteiger partial charge in [-0.1, -0.05) is 32.0 Å². The van der Waals surface area contributed by atoms with Crippen molar-refractivity contribution in [2.45, 2.75) is 44.4 Å². The van der Waals surface area contributed by atoms with Gasteiger partial charge >= 0.3 is 0 Å². The Balaban J connectivity index is 1.69. The molecule has 1 heterocycles. The zero-order chi connectivity index (χ0) is 24.3. The van der Waals surface area contributed by atoms with E-state index in [2.05, 4.69) is 10.4 Å². The summed E-state index contributed by atoms with van der Waals surface area (Å²) in [4.78, 5) is 13.4. The van der Waals surface area contributed by atoms with Crippen LogP contribution < -0.4 is 10.1 Å². The number of ether oxygens (including phenoxy) is 1. The third-order valence-corrected chi connectivity index (χ3v) is 7.85. The quantitative estimate of drug-likeness (QED) is 0.461. The van der Waals surface area contributed by atoms with Crippen LogP contribution in [0.25, 0.3) is 5.69 Å². The minimum Gasteiger partial charge on any atom is -0.492 e. The van der Waals surface area contributed by atoms with Crippen molar-refractivity contribution in [1.82, 2.24) is 14.1 Å². The summed E-state index contributed by atoms with van der Waals surface area (Å²) in [7, 11) is -3.79. The van der Waals surface area contributed by atoms with Gasteiger partial charge in [0.05, 0.1) is 18.0 Å². The lowest BCUT2D eigenvalue weighted by atomic mass is 10.2. The smallest absolute Gasteiger partial charge is 0.274 e. The minimum absolute atomic E-state index is 0.0334.